The van der Waals surface area contributed by atoms with Gasteiger partial charge in [-0.1, -0.05) is 11.6 Å². The minimum Gasteiger partial charge on any atom is -0.497 e. The van der Waals surface area contributed by atoms with Crippen molar-refractivity contribution in [3.05, 3.63) is 63.5 Å². The highest BCUT2D eigenvalue weighted by Crippen LogP contribution is 2.35. The van der Waals surface area contributed by atoms with E-state index in [1.54, 1.807) is 56.5 Å². The van der Waals surface area contributed by atoms with Crippen molar-refractivity contribution in [2.24, 2.45) is 0 Å². The smallest absolute Gasteiger partial charge is 0.340 e. The fourth-order valence-electron chi connectivity index (χ4n) is 2.50. The number of thiophene rings is 1. The molecule has 128 valence electrons. The quantitative estimate of drug-likeness (QED) is 0.467. The molecule has 0 unspecified atom stereocenters. The number of carbonyl (C=O) groups is 2. The number of hydrogen-bond acceptors (Lipinski definition) is 5. The third-order valence-electron chi connectivity index (χ3n) is 3.69. The number of fused-ring (bicyclic) bond motifs is 1. The van der Waals surface area contributed by atoms with Crippen LogP contribution in [0.2, 0.25) is 5.02 Å². The summed E-state index contributed by atoms with van der Waals surface area (Å²) in [6, 6.07) is 11.9. The Bertz CT molecular complexity index is 944. The molecule has 1 heterocycles. The van der Waals surface area contributed by atoms with Crippen molar-refractivity contribution in [3.63, 3.8) is 0 Å². The number of halogens is 1. The third-order valence-corrected chi connectivity index (χ3v) is 5.09. The van der Waals surface area contributed by atoms with E-state index in [-0.39, 0.29) is 12.4 Å². The van der Waals surface area contributed by atoms with Gasteiger partial charge in [0, 0.05) is 20.7 Å². The highest BCUT2D eigenvalue weighted by atomic mass is 35.5. The predicted molar refractivity (Wildman–Crippen MR) is 99.2 cm³/mol. The van der Waals surface area contributed by atoms with E-state index in [4.69, 9.17) is 21.1 Å². The Kier molecular flexibility index (Phi) is 5.06. The maximum Gasteiger partial charge on any atom is 0.340 e. The average Bonchev–Trinajstić information content (AvgIpc) is 3.00. The van der Waals surface area contributed by atoms with Gasteiger partial charge in [-0.15, -0.1) is 11.3 Å². The highest BCUT2D eigenvalue weighted by molar-refractivity contribution is 7.21. The largest absolute Gasteiger partial charge is 0.497 e. The summed E-state index contributed by atoms with van der Waals surface area (Å²) >= 11 is 7.14. The Morgan fingerprint density at radius 1 is 1.12 bits per heavy atom. The molecular formula is C19H15ClO4S. The first-order valence-electron chi connectivity index (χ1n) is 7.63. The fourth-order valence-corrected chi connectivity index (χ4v) is 3.81. The van der Waals surface area contributed by atoms with Crippen LogP contribution in [0.1, 0.15) is 32.5 Å². The lowest BCUT2D eigenvalue weighted by Crippen LogP contribution is -2.10. The first-order chi connectivity index (χ1) is 12.0. The Balaban J connectivity index is 2.18. The monoisotopic (exact) mass is 374 g/mol. The van der Waals surface area contributed by atoms with Gasteiger partial charge in [0.05, 0.1) is 24.2 Å². The SMILES string of the molecule is CCOC(=O)c1c(C(=O)c2ccc(Cl)cc2)sc2cc(OC)ccc12. The van der Waals surface area contributed by atoms with E-state index in [0.29, 0.717) is 32.2 Å². The minimum absolute atomic E-state index is 0.236. The van der Waals surface area contributed by atoms with Crippen LogP contribution in [0.15, 0.2) is 42.5 Å². The Labute approximate surface area is 153 Å². The average molecular weight is 375 g/mol. The van der Waals surface area contributed by atoms with Crippen LogP contribution in [-0.2, 0) is 4.74 Å². The molecule has 0 aliphatic carbocycles. The molecule has 0 saturated heterocycles. The summed E-state index contributed by atoms with van der Waals surface area (Å²) in [5.74, 6) is -0.0780. The minimum atomic E-state index is -0.503. The van der Waals surface area contributed by atoms with E-state index < -0.39 is 5.97 Å². The third kappa shape index (κ3) is 3.38. The zero-order valence-electron chi connectivity index (χ0n) is 13.7. The van der Waals surface area contributed by atoms with Gasteiger partial charge < -0.3 is 9.47 Å². The van der Waals surface area contributed by atoms with Gasteiger partial charge in [-0.3, -0.25) is 4.79 Å². The van der Waals surface area contributed by atoms with Crippen LogP contribution in [0.3, 0.4) is 0 Å². The van der Waals surface area contributed by atoms with E-state index in [1.807, 2.05) is 0 Å². The van der Waals surface area contributed by atoms with Crippen molar-refractivity contribution in [2.45, 2.75) is 6.92 Å². The van der Waals surface area contributed by atoms with Crippen LogP contribution >= 0.6 is 22.9 Å². The summed E-state index contributed by atoms with van der Waals surface area (Å²) in [5, 5.41) is 1.23. The van der Waals surface area contributed by atoms with Crippen LogP contribution < -0.4 is 4.74 Å². The standard InChI is InChI=1S/C19H15ClO4S/c1-3-24-19(22)16-14-9-8-13(23-2)10-15(14)25-18(16)17(21)11-4-6-12(20)7-5-11/h4-10H,3H2,1-2H3. The second kappa shape index (κ2) is 7.25. The molecule has 0 saturated carbocycles. The molecular weight excluding hydrogens is 360 g/mol. The lowest BCUT2D eigenvalue weighted by atomic mass is 10.0. The number of methoxy groups -OCH3 is 1. The number of ketones is 1. The van der Waals surface area contributed by atoms with Crippen molar-refractivity contribution < 1.29 is 19.1 Å². The lowest BCUT2D eigenvalue weighted by molar-refractivity contribution is 0.0526. The van der Waals surface area contributed by atoms with E-state index in [1.165, 1.54) is 11.3 Å². The Morgan fingerprint density at radius 2 is 1.84 bits per heavy atom. The molecule has 2 aromatic carbocycles. The van der Waals surface area contributed by atoms with Crippen LogP contribution in [0.5, 0.6) is 5.75 Å². The lowest BCUT2D eigenvalue weighted by Gasteiger charge is -2.05. The van der Waals surface area contributed by atoms with Gasteiger partial charge >= 0.3 is 5.97 Å². The number of rotatable bonds is 5. The molecule has 0 spiro atoms. The molecule has 6 heteroatoms. The molecule has 0 fully saturated rings. The van der Waals surface area contributed by atoms with Crippen LogP contribution in [0.25, 0.3) is 10.1 Å². The van der Waals surface area contributed by atoms with Crippen molar-refractivity contribution >= 4 is 44.8 Å². The van der Waals surface area contributed by atoms with Crippen molar-refractivity contribution in [1.82, 2.24) is 0 Å². The van der Waals surface area contributed by atoms with Gasteiger partial charge in [0.2, 0.25) is 5.78 Å². The van der Waals surface area contributed by atoms with Crippen molar-refractivity contribution in [1.29, 1.82) is 0 Å². The van der Waals surface area contributed by atoms with E-state index >= 15 is 0 Å². The molecule has 0 bridgehead atoms. The van der Waals surface area contributed by atoms with Crippen LogP contribution in [-0.4, -0.2) is 25.5 Å². The number of carbonyl (C=O) groups excluding carboxylic acids is 2. The van der Waals surface area contributed by atoms with Gasteiger partial charge in [0.15, 0.2) is 0 Å². The molecule has 1 aromatic heterocycles. The topological polar surface area (TPSA) is 52.6 Å². The van der Waals surface area contributed by atoms with Crippen molar-refractivity contribution in [3.8, 4) is 5.75 Å². The first kappa shape index (κ1) is 17.5. The summed E-state index contributed by atoms with van der Waals surface area (Å²) < 4.78 is 11.2. The normalized spacial score (nSPS) is 10.7. The molecule has 3 aromatic rings. The molecule has 3 rings (SSSR count). The fraction of sp³-hybridized carbons (Fsp3) is 0.158. The predicted octanol–water partition coefficient (Wildman–Crippen LogP) is 4.97. The summed E-state index contributed by atoms with van der Waals surface area (Å²) in [4.78, 5) is 25.8. The van der Waals surface area contributed by atoms with E-state index in [0.717, 1.165) is 4.70 Å². The number of hydrogen-bond donors (Lipinski definition) is 0. The number of benzene rings is 2. The maximum absolute atomic E-state index is 12.9. The molecule has 0 aliphatic rings. The molecule has 25 heavy (non-hydrogen) atoms. The number of esters is 1. The molecule has 0 aliphatic heterocycles. The second-order valence-electron chi connectivity index (χ2n) is 5.22. The Hall–Kier alpha value is -2.37. The van der Waals surface area contributed by atoms with E-state index in [2.05, 4.69) is 0 Å². The molecule has 0 radical (unpaired) electrons. The molecule has 4 nitrogen and oxygen atoms in total. The molecule has 0 amide bonds. The number of ether oxygens (including phenoxy) is 2. The first-order valence-corrected chi connectivity index (χ1v) is 8.82. The van der Waals surface area contributed by atoms with Gasteiger partial charge in [-0.2, -0.15) is 0 Å². The summed E-state index contributed by atoms with van der Waals surface area (Å²) in [6.45, 7) is 1.97. The van der Waals surface area contributed by atoms with Gasteiger partial charge in [-0.05, 0) is 49.4 Å². The summed E-state index contributed by atoms with van der Waals surface area (Å²) in [7, 11) is 1.57. The van der Waals surface area contributed by atoms with Gasteiger partial charge in [0.25, 0.3) is 0 Å². The van der Waals surface area contributed by atoms with E-state index in [9.17, 15) is 9.59 Å². The second-order valence-corrected chi connectivity index (χ2v) is 6.71. The van der Waals surface area contributed by atoms with Gasteiger partial charge in [0.1, 0.15) is 5.75 Å². The molecule has 0 N–H and O–H groups in total. The van der Waals surface area contributed by atoms with Crippen LogP contribution in [0, 0.1) is 0 Å². The van der Waals surface area contributed by atoms with Crippen LogP contribution in [0.4, 0.5) is 0 Å². The zero-order valence-corrected chi connectivity index (χ0v) is 15.2. The summed E-state index contributed by atoms with van der Waals surface area (Å²) in [6.07, 6.45) is 0. The zero-order chi connectivity index (χ0) is 18.0. The summed E-state index contributed by atoms with van der Waals surface area (Å²) in [5.41, 5.74) is 0.762. The van der Waals surface area contributed by atoms with Gasteiger partial charge in [-0.25, -0.2) is 4.79 Å². The molecule has 0 atom stereocenters. The Morgan fingerprint density at radius 3 is 2.48 bits per heavy atom. The van der Waals surface area contributed by atoms with Crippen molar-refractivity contribution in [2.75, 3.05) is 13.7 Å². The maximum atomic E-state index is 12.9. The highest BCUT2D eigenvalue weighted by Gasteiger charge is 2.25.